The minimum atomic E-state index is -0.522. The maximum atomic E-state index is 11.2. The number of ether oxygens (including phenoxy) is 1. The Hall–Kier alpha value is -1.72. The van der Waals surface area contributed by atoms with Crippen LogP contribution in [-0.2, 0) is 11.8 Å². The largest absolute Gasteiger partial charge is 0.443 e. The van der Waals surface area contributed by atoms with Gasteiger partial charge in [0.1, 0.15) is 5.60 Å². The van der Waals surface area contributed by atoms with Gasteiger partial charge >= 0.3 is 6.09 Å². The lowest BCUT2D eigenvalue weighted by Crippen LogP contribution is -2.35. The maximum Gasteiger partial charge on any atom is 0.426 e. The molecule has 6 heteroatoms. The molecule has 0 radical (unpaired) electrons. The first-order chi connectivity index (χ1) is 6.87. The van der Waals surface area contributed by atoms with E-state index < -0.39 is 11.7 Å². The zero-order valence-corrected chi connectivity index (χ0v) is 9.37. The Bertz CT molecular complexity index is 340. The lowest BCUT2D eigenvalue weighted by atomic mass is 10.2. The SMILES string of the molecule is Cn1cc(NNC(=O)OC(C)(C)C)cn1. The van der Waals surface area contributed by atoms with Gasteiger partial charge in [-0.3, -0.25) is 10.1 Å². The molecule has 0 spiro atoms. The van der Waals surface area contributed by atoms with Crippen molar-refractivity contribution in [2.45, 2.75) is 26.4 Å². The normalized spacial score (nSPS) is 10.9. The predicted octanol–water partition coefficient (Wildman–Crippen LogP) is 1.27. The molecule has 0 aliphatic heterocycles. The molecule has 1 aromatic rings. The van der Waals surface area contributed by atoms with Gasteiger partial charge in [-0.25, -0.2) is 10.2 Å². The molecule has 0 fully saturated rings. The van der Waals surface area contributed by atoms with Crippen molar-refractivity contribution in [1.82, 2.24) is 15.2 Å². The molecule has 1 heterocycles. The Balaban J connectivity index is 2.35. The first kappa shape index (κ1) is 11.4. The summed E-state index contributed by atoms with van der Waals surface area (Å²) in [6, 6.07) is 0. The lowest BCUT2D eigenvalue weighted by Gasteiger charge is -2.19. The second-order valence-electron chi connectivity index (χ2n) is 4.15. The number of carbonyl (C=O) groups is 1. The van der Waals surface area contributed by atoms with Gasteiger partial charge in [-0.1, -0.05) is 0 Å². The molecule has 1 amide bonds. The van der Waals surface area contributed by atoms with Crippen LogP contribution in [0.2, 0.25) is 0 Å². The summed E-state index contributed by atoms with van der Waals surface area (Å²) in [5, 5.41) is 3.93. The van der Waals surface area contributed by atoms with Gasteiger partial charge in [-0.15, -0.1) is 0 Å². The smallest absolute Gasteiger partial charge is 0.426 e. The van der Waals surface area contributed by atoms with Crippen LogP contribution in [0.5, 0.6) is 0 Å². The standard InChI is InChI=1S/C9H16N4O2/c1-9(2,3)15-8(14)12-11-7-5-10-13(4)6-7/h5-6,11H,1-4H3,(H,12,14). The van der Waals surface area contributed by atoms with Crippen LogP contribution >= 0.6 is 0 Å². The van der Waals surface area contributed by atoms with Crippen LogP contribution in [-0.4, -0.2) is 21.5 Å². The molecule has 0 unspecified atom stereocenters. The monoisotopic (exact) mass is 212 g/mol. The number of rotatable bonds is 2. The van der Waals surface area contributed by atoms with Crippen molar-refractivity contribution < 1.29 is 9.53 Å². The second-order valence-corrected chi connectivity index (χ2v) is 4.15. The molecule has 0 saturated heterocycles. The summed E-state index contributed by atoms with van der Waals surface area (Å²) in [5.74, 6) is 0. The molecule has 1 aromatic heterocycles. The summed E-state index contributed by atoms with van der Waals surface area (Å²) in [7, 11) is 1.79. The maximum absolute atomic E-state index is 11.2. The molecular weight excluding hydrogens is 196 g/mol. The fourth-order valence-electron chi connectivity index (χ4n) is 0.913. The molecule has 2 N–H and O–H groups in total. The van der Waals surface area contributed by atoms with Crippen molar-refractivity contribution in [1.29, 1.82) is 0 Å². The van der Waals surface area contributed by atoms with Crippen molar-refractivity contribution in [2.75, 3.05) is 5.43 Å². The molecule has 0 aromatic carbocycles. The Morgan fingerprint density at radius 1 is 1.53 bits per heavy atom. The first-order valence-electron chi connectivity index (χ1n) is 4.60. The lowest BCUT2D eigenvalue weighted by molar-refractivity contribution is 0.0541. The third-order valence-electron chi connectivity index (χ3n) is 1.41. The number of hydrogen-bond acceptors (Lipinski definition) is 4. The van der Waals surface area contributed by atoms with Crippen molar-refractivity contribution in [2.24, 2.45) is 7.05 Å². The quantitative estimate of drug-likeness (QED) is 0.724. The first-order valence-corrected chi connectivity index (χ1v) is 4.60. The number of hydrazine groups is 1. The van der Waals surface area contributed by atoms with E-state index in [1.54, 1.807) is 44.9 Å². The topological polar surface area (TPSA) is 68.2 Å². The van der Waals surface area contributed by atoms with Gasteiger partial charge < -0.3 is 4.74 Å². The summed E-state index contributed by atoms with van der Waals surface area (Å²) in [4.78, 5) is 11.2. The van der Waals surface area contributed by atoms with Gasteiger partial charge in [0, 0.05) is 13.2 Å². The van der Waals surface area contributed by atoms with E-state index in [1.807, 2.05) is 0 Å². The minimum Gasteiger partial charge on any atom is -0.443 e. The number of hydrogen-bond donors (Lipinski definition) is 2. The average molecular weight is 212 g/mol. The zero-order chi connectivity index (χ0) is 11.5. The third kappa shape index (κ3) is 4.35. The molecule has 6 nitrogen and oxygen atoms in total. The average Bonchev–Trinajstić information content (AvgIpc) is 2.45. The number of aryl methyl sites for hydroxylation is 1. The van der Waals surface area contributed by atoms with Crippen LogP contribution in [0.1, 0.15) is 20.8 Å². The Kier molecular flexibility index (Phi) is 3.18. The van der Waals surface area contributed by atoms with Gasteiger partial charge in [0.15, 0.2) is 0 Å². The van der Waals surface area contributed by atoms with E-state index in [0.29, 0.717) is 5.69 Å². The van der Waals surface area contributed by atoms with Crippen LogP contribution in [0.3, 0.4) is 0 Å². The van der Waals surface area contributed by atoms with E-state index in [0.717, 1.165) is 0 Å². The van der Waals surface area contributed by atoms with Crippen LogP contribution < -0.4 is 10.9 Å². The number of nitrogens with zero attached hydrogens (tertiary/aromatic N) is 2. The minimum absolute atomic E-state index is 0.499. The number of anilines is 1. The molecule has 15 heavy (non-hydrogen) atoms. The molecule has 0 atom stereocenters. The van der Waals surface area contributed by atoms with Gasteiger partial charge in [0.25, 0.3) is 0 Å². The molecular formula is C9H16N4O2. The Labute approximate surface area is 88.6 Å². The third-order valence-corrected chi connectivity index (χ3v) is 1.41. The van der Waals surface area contributed by atoms with E-state index in [-0.39, 0.29) is 0 Å². The highest BCUT2D eigenvalue weighted by atomic mass is 16.6. The summed E-state index contributed by atoms with van der Waals surface area (Å²) in [5.41, 5.74) is 5.28. The zero-order valence-electron chi connectivity index (χ0n) is 9.37. The Morgan fingerprint density at radius 2 is 2.20 bits per heavy atom. The van der Waals surface area contributed by atoms with Crippen molar-refractivity contribution in [3.05, 3.63) is 12.4 Å². The highest BCUT2D eigenvalue weighted by Gasteiger charge is 2.15. The van der Waals surface area contributed by atoms with Crippen molar-refractivity contribution >= 4 is 11.8 Å². The fourth-order valence-corrected chi connectivity index (χ4v) is 0.913. The van der Waals surface area contributed by atoms with E-state index in [1.165, 1.54) is 0 Å². The molecule has 0 bridgehead atoms. The molecule has 0 saturated carbocycles. The number of amides is 1. The van der Waals surface area contributed by atoms with Crippen molar-refractivity contribution in [3.8, 4) is 0 Å². The van der Waals surface area contributed by atoms with Crippen molar-refractivity contribution in [3.63, 3.8) is 0 Å². The highest BCUT2D eigenvalue weighted by Crippen LogP contribution is 2.07. The van der Waals surface area contributed by atoms with Gasteiger partial charge in [-0.2, -0.15) is 5.10 Å². The van der Waals surface area contributed by atoms with Crippen LogP contribution in [0.4, 0.5) is 10.5 Å². The van der Waals surface area contributed by atoms with Crippen LogP contribution in [0, 0.1) is 0 Å². The number of carbonyl (C=O) groups excluding carboxylic acids is 1. The number of nitrogens with one attached hydrogen (secondary N) is 2. The van der Waals surface area contributed by atoms with Crippen LogP contribution in [0.15, 0.2) is 12.4 Å². The highest BCUT2D eigenvalue weighted by molar-refractivity contribution is 5.69. The molecule has 84 valence electrons. The fraction of sp³-hybridized carbons (Fsp3) is 0.556. The summed E-state index contributed by atoms with van der Waals surface area (Å²) in [6.45, 7) is 5.41. The van der Waals surface area contributed by atoms with E-state index in [4.69, 9.17) is 4.74 Å². The molecule has 1 rings (SSSR count). The molecule has 0 aliphatic carbocycles. The summed E-state index contributed by atoms with van der Waals surface area (Å²) in [6.07, 6.45) is 2.81. The van der Waals surface area contributed by atoms with E-state index in [9.17, 15) is 4.79 Å². The van der Waals surface area contributed by atoms with Crippen LogP contribution in [0.25, 0.3) is 0 Å². The summed E-state index contributed by atoms with van der Waals surface area (Å²) < 4.78 is 6.65. The summed E-state index contributed by atoms with van der Waals surface area (Å²) >= 11 is 0. The second kappa shape index (κ2) is 4.20. The Morgan fingerprint density at radius 3 is 2.67 bits per heavy atom. The molecule has 0 aliphatic rings. The predicted molar refractivity (Wildman–Crippen MR) is 56.2 cm³/mol. The van der Waals surface area contributed by atoms with Gasteiger partial charge in [0.05, 0.1) is 11.9 Å². The van der Waals surface area contributed by atoms with Gasteiger partial charge in [-0.05, 0) is 20.8 Å². The van der Waals surface area contributed by atoms with E-state index >= 15 is 0 Å². The number of aromatic nitrogens is 2. The van der Waals surface area contributed by atoms with Gasteiger partial charge in [0.2, 0.25) is 0 Å². The van der Waals surface area contributed by atoms with E-state index in [2.05, 4.69) is 16.0 Å².